The number of carboxylic acids is 1. The average molecular weight is 198 g/mol. The Kier molecular flexibility index (Phi) is 10.4. The molecule has 0 bridgehead atoms. The first kappa shape index (κ1) is 14.2. The smallest absolute Gasteiger partial charge is 0.320 e. The molecular weight excluding hydrogens is 182 g/mol. The van der Waals surface area contributed by atoms with Crippen molar-refractivity contribution in [3.8, 4) is 0 Å². The van der Waals surface area contributed by atoms with Gasteiger partial charge in [-0.2, -0.15) is 0 Å². The number of rotatable bonds is 6. The van der Waals surface area contributed by atoms with Gasteiger partial charge in [-0.1, -0.05) is 6.92 Å². The molecule has 5 heteroatoms. The fraction of sp³-hybridized carbons (Fsp3) is 0.857. The largest absolute Gasteiger partial charge is 0.480 e. The van der Waals surface area contributed by atoms with Gasteiger partial charge in [-0.15, -0.1) is 12.4 Å². The molecular formula is C7H16ClNO3. The van der Waals surface area contributed by atoms with E-state index in [9.17, 15) is 4.79 Å². The van der Waals surface area contributed by atoms with Gasteiger partial charge in [0.2, 0.25) is 0 Å². The Labute approximate surface area is 78.4 Å². The van der Waals surface area contributed by atoms with Crippen LogP contribution in [0.4, 0.5) is 0 Å². The Bertz CT molecular complexity index is 121. The second-order valence-electron chi connectivity index (χ2n) is 2.36. The van der Waals surface area contributed by atoms with E-state index in [0.717, 1.165) is 6.42 Å². The number of hydrogen-bond acceptors (Lipinski definition) is 3. The second-order valence-corrected chi connectivity index (χ2v) is 2.36. The van der Waals surface area contributed by atoms with Gasteiger partial charge in [0.25, 0.3) is 0 Å². The summed E-state index contributed by atoms with van der Waals surface area (Å²) >= 11 is 0. The quantitative estimate of drug-likeness (QED) is 0.571. The molecule has 0 saturated heterocycles. The lowest BCUT2D eigenvalue weighted by Gasteiger charge is -2.11. The lowest BCUT2D eigenvalue weighted by molar-refractivity contribution is -0.139. The lowest BCUT2D eigenvalue weighted by Crippen LogP contribution is -2.37. The van der Waals surface area contributed by atoms with Gasteiger partial charge in [0, 0.05) is 6.61 Å². The van der Waals surface area contributed by atoms with Gasteiger partial charge in [0.15, 0.2) is 0 Å². The van der Waals surface area contributed by atoms with Crippen LogP contribution in [0, 0.1) is 0 Å². The van der Waals surface area contributed by atoms with Crippen molar-refractivity contribution >= 4 is 18.4 Å². The second kappa shape index (κ2) is 8.77. The summed E-state index contributed by atoms with van der Waals surface area (Å²) in [4.78, 5) is 10.4. The van der Waals surface area contributed by atoms with Crippen LogP contribution in [-0.2, 0) is 4.79 Å². The molecule has 0 rings (SSSR count). The fourth-order valence-corrected chi connectivity index (χ4v) is 0.761. The van der Waals surface area contributed by atoms with E-state index in [-0.39, 0.29) is 25.4 Å². The summed E-state index contributed by atoms with van der Waals surface area (Å²) in [6.07, 6.45) is 1.17. The summed E-state index contributed by atoms with van der Waals surface area (Å²) in [5.41, 5.74) is 0. The Balaban J connectivity index is 0. The van der Waals surface area contributed by atoms with Gasteiger partial charge in [0.1, 0.15) is 6.04 Å². The highest BCUT2D eigenvalue weighted by molar-refractivity contribution is 5.85. The monoisotopic (exact) mass is 197 g/mol. The van der Waals surface area contributed by atoms with Crippen molar-refractivity contribution in [2.45, 2.75) is 25.8 Å². The molecule has 0 amide bonds. The Morgan fingerprint density at radius 1 is 1.58 bits per heavy atom. The normalized spacial score (nSPS) is 11.8. The Hall–Kier alpha value is -0.320. The van der Waals surface area contributed by atoms with Crippen molar-refractivity contribution in [1.82, 2.24) is 5.32 Å². The molecule has 0 aliphatic heterocycles. The third-order valence-corrected chi connectivity index (χ3v) is 1.36. The van der Waals surface area contributed by atoms with Crippen LogP contribution in [0.15, 0.2) is 0 Å². The lowest BCUT2D eigenvalue weighted by atomic mass is 10.2. The molecule has 0 aliphatic rings. The summed E-state index contributed by atoms with van der Waals surface area (Å²) in [5.74, 6) is -0.896. The maximum atomic E-state index is 10.4. The zero-order chi connectivity index (χ0) is 8.69. The van der Waals surface area contributed by atoms with Crippen molar-refractivity contribution < 1.29 is 15.0 Å². The molecule has 0 saturated carbocycles. The molecule has 3 N–H and O–H groups in total. The van der Waals surface area contributed by atoms with E-state index in [1.54, 1.807) is 0 Å². The molecule has 1 atom stereocenters. The minimum absolute atomic E-state index is 0. The summed E-state index contributed by atoms with van der Waals surface area (Å²) in [5, 5.41) is 19.8. The topological polar surface area (TPSA) is 69.6 Å². The standard InChI is InChI=1S/C7H15NO3.ClH/c1-2-4-8-6(3-5-9)7(10)11;/h6,8-9H,2-5H2,1H3,(H,10,11);1H. The van der Waals surface area contributed by atoms with E-state index in [1.807, 2.05) is 6.92 Å². The first-order chi connectivity index (χ1) is 5.22. The third-order valence-electron chi connectivity index (χ3n) is 1.36. The maximum absolute atomic E-state index is 10.4. The molecule has 0 heterocycles. The maximum Gasteiger partial charge on any atom is 0.320 e. The molecule has 0 aliphatic carbocycles. The zero-order valence-electron chi connectivity index (χ0n) is 7.12. The molecule has 1 unspecified atom stereocenters. The third kappa shape index (κ3) is 6.39. The number of carboxylic acid groups (broad SMARTS) is 1. The van der Waals surface area contributed by atoms with Crippen LogP contribution in [0.2, 0.25) is 0 Å². The molecule has 0 fully saturated rings. The van der Waals surface area contributed by atoms with Crippen LogP contribution in [0.3, 0.4) is 0 Å². The van der Waals surface area contributed by atoms with Gasteiger partial charge < -0.3 is 15.5 Å². The van der Waals surface area contributed by atoms with E-state index >= 15 is 0 Å². The molecule has 0 aromatic rings. The van der Waals surface area contributed by atoms with Crippen LogP contribution < -0.4 is 5.32 Å². The minimum atomic E-state index is -0.896. The number of halogens is 1. The molecule has 0 spiro atoms. The van der Waals surface area contributed by atoms with Crippen LogP contribution in [0.25, 0.3) is 0 Å². The van der Waals surface area contributed by atoms with E-state index in [2.05, 4.69) is 5.32 Å². The van der Waals surface area contributed by atoms with Crippen LogP contribution >= 0.6 is 12.4 Å². The number of aliphatic hydroxyl groups is 1. The number of aliphatic carboxylic acids is 1. The van der Waals surface area contributed by atoms with Gasteiger partial charge >= 0.3 is 5.97 Å². The van der Waals surface area contributed by atoms with Crippen molar-refractivity contribution in [2.24, 2.45) is 0 Å². The predicted molar refractivity (Wildman–Crippen MR) is 48.7 cm³/mol. The zero-order valence-corrected chi connectivity index (χ0v) is 7.93. The minimum Gasteiger partial charge on any atom is -0.480 e. The molecule has 0 aromatic heterocycles. The molecule has 12 heavy (non-hydrogen) atoms. The highest BCUT2D eigenvalue weighted by atomic mass is 35.5. The van der Waals surface area contributed by atoms with Crippen LogP contribution in [-0.4, -0.2) is 35.4 Å². The van der Waals surface area contributed by atoms with E-state index in [4.69, 9.17) is 10.2 Å². The predicted octanol–water partition coefficient (Wildman–Crippen LogP) is 0.243. The van der Waals surface area contributed by atoms with Crippen molar-refractivity contribution in [1.29, 1.82) is 0 Å². The highest BCUT2D eigenvalue weighted by Gasteiger charge is 2.14. The summed E-state index contributed by atoms with van der Waals surface area (Å²) in [6.45, 7) is 2.55. The number of carbonyl (C=O) groups is 1. The molecule has 4 nitrogen and oxygen atoms in total. The summed E-state index contributed by atoms with van der Waals surface area (Å²) in [7, 11) is 0. The highest BCUT2D eigenvalue weighted by Crippen LogP contribution is 1.90. The molecule has 0 radical (unpaired) electrons. The van der Waals surface area contributed by atoms with E-state index < -0.39 is 12.0 Å². The van der Waals surface area contributed by atoms with Crippen molar-refractivity contribution in [3.05, 3.63) is 0 Å². The van der Waals surface area contributed by atoms with Crippen molar-refractivity contribution in [2.75, 3.05) is 13.2 Å². The van der Waals surface area contributed by atoms with Crippen molar-refractivity contribution in [3.63, 3.8) is 0 Å². The number of nitrogens with one attached hydrogen (secondary N) is 1. The summed E-state index contributed by atoms with van der Waals surface area (Å²) < 4.78 is 0. The van der Waals surface area contributed by atoms with Gasteiger partial charge in [0.05, 0.1) is 0 Å². The average Bonchev–Trinajstić information content (AvgIpc) is 1.97. The SMILES string of the molecule is CCCNC(CCO)C(=O)O.Cl. The van der Waals surface area contributed by atoms with Crippen LogP contribution in [0.1, 0.15) is 19.8 Å². The van der Waals surface area contributed by atoms with Gasteiger partial charge in [-0.25, -0.2) is 0 Å². The molecule has 74 valence electrons. The first-order valence-electron chi connectivity index (χ1n) is 3.79. The fourth-order valence-electron chi connectivity index (χ4n) is 0.761. The molecule has 0 aromatic carbocycles. The van der Waals surface area contributed by atoms with E-state index in [1.165, 1.54) is 0 Å². The Morgan fingerprint density at radius 2 is 2.17 bits per heavy atom. The number of aliphatic hydroxyl groups excluding tert-OH is 1. The van der Waals surface area contributed by atoms with Crippen LogP contribution in [0.5, 0.6) is 0 Å². The first-order valence-corrected chi connectivity index (χ1v) is 3.79. The van der Waals surface area contributed by atoms with E-state index in [0.29, 0.717) is 6.54 Å². The summed E-state index contributed by atoms with van der Waals surface area (Å²) in [6, 6.07) is -0.597. The van der Waals surface area contributed by atoms with Gasteiger partial charge in [-0.3, -0.25) is 4.79 Å². The van der Waals surface area contributed by atoms with Gasteiger partial charge in [-0.05, 0) is 19.4 Å². The number of hydrogen-bond donors (Lipinski definition) is 3. The Morgan fingerprint density at radius 3 is 2.50 bits per heavy atom.